The fourth-order valence-electron chi connectivity index (χ4n) is 0. The Kier molecular flexibility index (Phi) is 3.82. The van der Waals surface area contributed by atoms with Crippen LogP contribution in [-0.4, -0.2) is 7.22 Å². The van der Waals surface area contributed by atoms with E-state index in [0.29, 0.717) is 0 Å². The molecular formula is C6H16SSi. The SMILES string of the molecule is C1CC1.C[Si](C)(C)S. The molecule has 0 unspecified atom stereocenters. The summed E-state index contributed by atoms with van der Waals surface area (Å²) in [6.45, 7) is 6.57. The van der Waals surface area contributed by atoms with Gasteiger partial charge in [0.15, 0.2) is 0 Å². The summed E-state index contributed by atoms with van der Waals surface area (Å²) in [5.74, 6) is 0. The van der Waals surface area contributed by atoms with Crippen molar-refractivity contribution < 1.29 is 0 Å². The molecule has 0 aliphatic heterocycles. The van der Waals surface area contributed by atoms with E-state index in [1.54, 1.807) is 0 Å². The molecule has 0 N–H and O–H groups in total. The van der Waals surface area contributed by atoms with Crippen LogP contribution in [-0.2, 0) is 0 Å². The third-order valence-corrected chi connectivity index (χ3v) is 0.354. The predicted molar refractivity (Wildman–Crippen MR) is 46.2 cm³/mol. The lowest BCUT2D eigenvalue weighted by Crippen LogP contribution is -2.06. The molecule has 0 aromatic heterocycles. The Morgan fingerprint density at radius 1 is 1.00 bits per heavy atom. The van der Waals surface area contributed by atoms with E-state index < -0.39 is 7.22 Å². The van der Waals surface area contributed by atoms with Crippen molar-refractivity contribution in [1.29, 1.82) is 0 Å². The molecule has 8 heavy (non-hydrogen) atoms. The van der Waals surface area contributed by atoms with Crippen LogP contribution in [0.25, 0.3) is 0 Å². The monoisotopic (exact) mass is 148 g/mol. The van der Waals surface area contributed by atoms with Crippen LogP contribution >= 0.6 is 12.1 Å². The highest BCUT2D eigenvalue weighted by molar-refractivity contribution is 8.14. The molecule has 0 nitrogen and oxygen atoms in total. The highest BCUT2D eigenvalue weighted by Crippen LogP contribution is 2.14. The molecule has 2 heteroatoms. The Bertz CT molecular complexity index is 45.3. The highest BCUT2D eigenvalue weighted by atomic mass is 32.3. The van der Waals surface area contributed by atoms with Gasteiger partial charge in [-0.1, -0.05) is 38.9 Å². The Labute approximate surface area is 58.7 Å². The van der Waals surface area contributed by atoms with Crippen molar-refractivity contribution in [3.8, 4) is 0 Å². The largest absolute Gasteiger partial charge is 0.202 e. The molecule has 0 amide bonds. The van der Waals surface area contributed by atoms with Crippen LogP contribution < -0.4 is 0 Å². The summed E-state index contributed by atoms with van der Waals surface area (Å²) >= 11 is 4.26. The maximum atomic E-state index is 4.26. The van der Waals surface area contributed by atoms with Gasteiger partial charge in [0.25, 0.3) is 0 Å². The first-order valence-electron chi connectivity index (χ1n) is 3.22. The van der Waals surface area contributed by atoms with Gasteiger partial charge in [0.1, 0.15) is 7.22 Å². The molecule has 0 radical (unpaired) electrons. The van der Waals surface area contributed by atoms with Crippen molar-refractivity contribution in [3.63, 3.8) is 0 Å². The number of hydrogen-bond donors (Lipinski definition) is 1. The first kappa shape index (κ1) is 8.57. The summed E-state index contributed by atoms with van der Waals surface area (Å²) in [5, 5.41) is 0. The zero-order chi connectivity index (χ0) is 6.62. The fourth-order valence-corrected chi connectivity index (χ4v) is 0. The Balaban J connectivity index is 0.000000135. The van der Waals surface area contributed by atoms with Crippen LogP contribution in [0.15, 0.2) is 0 Å². The summed E-state index contributed by atoms with van der Waals surface area (Å²) < 4.78 is 0. The molecule has 0 aromatic carbocycles. The van der Waals surface area contributed by atoms with Crippen LogP contribution in [0.2, 0.25) is 19.6 Å². The normalized spacial score (nSPS) is 16.5. The van der Waals surface area contributed by atoms with Crippen molar-refractivity contribution in [1.82, 2.24) is 0 Å². The Morgan fingerprint density at radius 2 is 1.12 bits per heavy atom. The zero-order valence-corrected chi connectivity index (χ0v) is 7.96. The molecule has 1 rings (SSSR count). The lowest BCUT2D eigenvalue weighted by atomic mass is 11.0. The van der Waals surface area contributed by atoms with Crippen molar-refractivity contribution >= 4 is 19.3 Å². The van der Waals surface area contributed by atoms with E-state index in [-0.39, 0.29) is 0 Å². The topological polar surface area (TPSA) is 0 Å². The van der Waals surface area contributed by atoms with Gasteiger partial charge in [-0.2, -0.15) is 0 Å². The van der Waals surface area contributed by atoms with E-state index in [9.17, 15) is 0 Å². The number of thiol groups is 1. The molecule has 0 spiro atoms. The van der Waals surface area contributed by atoms with Crippen LogP contribution in [0.3, 0.4) is 0 Å². The van der Waals surface area contributed by atoms with Crippen molar-refractivity contribution in [2.75, 3.05) is 0 Å². The van der Waals surface area contributed by atoms with Crippen molar-refractivity contribution in [2.24, 2.45) is 0 Å². The molecule has 0 bridgehead atoms. The van der Waals surface area contributed by atoms with Crippen LogP contribution in [0.4, 0.5) is 0 Å². The summed E-state index contributed by atoms with van der Waals surface area (Å²) in [6, 6.07) is 0. The van der Waals surface area contributed by atoms with Crippen LogP contribution in [0, 0.1) is 0 Å². The summed E-state index contributed by atoms with van der Waals surface area (Å²) in [6.07, 6.45) is 4.50. The molecule has 1 fully saturated rings. The van der Waals surface area contributed by atoms with Gasteiger partial charge in [0.05, 0.1) is 0 Å². The van der Waals surface area contributed by atoms with Gasteiger partial charge < -0.3 is 0 Å². The molecular weight excluding hydrogens is 132 g/mol. The molecule has 1 aliphatic rings. The van der Waals surface area contributed by atoms with Gasteiger partial charge in [0, 0.05) is 0 Å². The second-order valence-electron chi connectivity index (χ2n) is 3.23. The second-order valence-corrected chi connectivity index (χ2v) is 11.6. The predicted octanol–water partition coefficient (Wildman–Crippen LogP) is 2.92. The van der Waals surface area contributed by atoms with Gasteiger partial charge in [-0.05, 0) is 0 Å². The van der Waals surface area contributed by atoms with E-state index in [1.165, 1.54) is 19.3 Å². The summed E-state index contributed by atoms with van der Waals surface area (Å²) in [5.41, 5.74) is 0. The zero-order valence-electron chi connectivity index (χ0n) is 6.07. The van der Waals surface area contributed by atoms with Crippen molar-refractivity contribution in [2.45, 2.75) is 38.9 Å². The summed E-state index contributed by atoms with van der Waals surface area (Å²) in [4.78, 5) is 0. The van der Waals surface area contributed by atoms with Gasteiger partial charge in [-0.15, -0.1) is 0 Å². The third kappa shape index (κ3) is 82.9. The quantitative estimate of drug-likeness (QED) is 0.396. The van der Waals surface area contributed by atoms with E-state index in [0.717, 1.165) is 0 Å². The first-order valence-corrected chi connectivity index (χ1v) is 8.01. The average molecular weight is 148 g/mol. The smallest absolute Gasteiger partial charge is 0.104 e. The van der Waals surface area contributed by atoms with Crippen molar-refractivity contribution in [3.05, 3.63) is 0 Å². The lowest BCUT2D eigenvalue weighted by Gasteiger charge is -2.00. The maximum absolute atomic E-state index is 4.26. The second kappa shape index (κ2) is 3.57. The number of hydrogen-bond acceptors (Lipinski definition) is 1. The van der Waals surface area contributed by atoms with Gasteiger partial charge in [-0.25, -0.2) is 12.1 Å². The van der Waals surface area contributed by atoms with Gasteiger partial charge in [0.2, 0.25) is 0 Å². The van der Waals surface area contributed by atoms with Crippen LogP contribution in [0.5, 0.6) is 0 Å². The Hall–Kier alpha value is 0.567. The first-order chi connectivity index (χ1) is 3.50. The van der Waals surface area contributed by atoms with Crippen LogP contribution in [0.1, 0.15) is 19.3 Å². The molecule has 1 saturated carbocycles. The third-order valence-electron chi connectivity index (χ3n) is 0.354. The van der Waals surface area contributed by atoms with E-state index in [1.807, 2.05) is 0 Å². The minimum atomic E-state index is -0.917. The fraction of sp³-hybridized carbons (Fsp3) is 1.00. The van der Waals surface area contributed by atoms with E-state index >= 15 is 0 Å². The summed E-state index contributed by atoms with van der Waals surface area (Å²) in [7, 11) is -0.917. The van der Waals surface area contributed by atoms with Gasteiger partial charge in [-0.3, -0.25) is 0 Å². The number of rotatable bonds is 0. The van der Waals surface area contributed by atoms with E-state index in [4.69, 9.17) is 0 Å². The average Bonchev–Trinajstić information content (AvgIpc) is 1.95. The molecule has 0 atom stereocenters. The maximum Gasteiger partial charge on any atom is 0.104 e. The minimum absolute atomic E-state index is 0.917. The lowest BCUT2D eigenvalue weighted by molar-refractivity contribution is 1.50. The molecule has 1 aliphatic carbocycles. The standard InChI is InChI=1S/C3H10SSi.C3H6/c1-5(2,3)4;1-2-3-1/h4H,1-3H3;1-3H2. The van der Waals surface area contributed by atoms with Gasteiger partial charge >= 0.3 is 0 Å². The highest BCUT2D eigenvalue weighted by Gasteiger charge is 2.01. The van der Waals surface area contributed by atoms with E-state index in [2.05, 4.69) is 31.7 Å². The molecule has 0 aromatic rings. The molecule has 0 heterocycles. The molecule has 50 valence electrons. The minimum Gasteiger partial charge on any atom is -0.202 e. The molecule has 0 saturated heterocycles. The Morgan fingerprint density at radius 3 is 1.12 bits per heavy atom.